The number of hydrogen-bond acceptors (Lipinski definition) is 3. The Kier molecular flexibility index (Phi) is 5.85. The number of halogens is 1. The van der Waals surface area contributed by atoms with Crippen molar-refractivity contribution in [3.05, 3.63) is 0 Å². The van der Waals surface area contributed by atoms with Crippen molar-refractivity contribution < 1.29 is 19.0 Å². The van der Waals surface area contributed by atoms with Crippen LogP contribution in [0.2, 0.25) is 0 Å². The molecule has 1 fully saturated rings. The highest BCUT2D eigenvalue weighted by Gasteiger charge is 2.34. The Morgan fingerprint density at radius 2 is 2.35 bits per heavy atom. The normalized spacial score (nSPS) is 27.2. The highest BCUT2D eigenvalue weighted by Crippen LogP contribution is 2.24. The molecule has 0 aliphatic carbocycles. The summed E-state index contributed by atoms with van der Waals surface area (Å²) in [5.41, 5.74) is 0. The van der Waals surface area contributed by atoms with Crippen molar-refractivity contribution in [3.8, 4) is 0 Å². The molecule has 1 saturated heterocycles. The number of carbonyl (C=O) groups is 1. The summed E-state index contributed by atoms with van der Waals surface area (Å²) in [5, 5.41) is 8.48. The van der Waals surface area contributed by atoms with Gasteiger partial charge in [0, 0.05) is 18.6 Å². The molecular weight excluding hydrogens is 225 g/mol. The van der Waals surface area contributed by atoms with Gasteiger partial charge in [0.1, 0.15) is 6.17 Å². The van der Waals surface area contributed by atoms with E-state index < -0.39 is 12.1 Å². The van der Waals surface area contributed by atoms with Crippen molar-refractivity contribution in [3.63, 3.8) is 0 Å². The molecule has 100 valence electrons. The molecule has 0 bridgehead atoms. The lowest BCUT2D eigenvalue weighted by Crippen LogP contribution is -2.39. The highest BCUT2D eigenvalue weighted by atomic mass is 19.1. The van der Waals surface area contributed by atoms with Crippen molar-refractivity contribution >= 4 is 5.97 Å². The van der Waals surface area contributed by atoms with Gasteiger partial charge in [0.2, 0.25) is 0 Å². The van der Waals surface area contributed by atoms with E-state index >= 15 is 0 Å². The van der Waals surface area contributed by atoms with E-state index in [9.17, 15) is 9.18 Å². The molecule has 1 heterocycles. The number of carboxylic acids is 1. The summed E-state index contributed by atoms with van der Waals surface area (Å²) in [4.78, 5) is 12.4. The zero-order chi connectivity index (χ0) is 12.8. The first-order valence-electron chi connectivity index (χ1n) is 6.24. The van der Waals surface area contributed by atoms with Crippen molar-refractivity contribution in [2.75, 3.05) is 19.8 Å². The van der Waals surface area contributed by atoms with Crippen LogP contribution in [0.25, 0.3) is 0 Å². The minimum atomic E-state index is -0.862. The van der Waals surface area contributed by atoms with Crippen LogP contribution in [-0.4, -0.2) is 54.0 Å². The maximum absolute atomic E-state index is 13.4. The number of nitrogens with zero attached hydrogens (tertiary/aromatic N) is 1. The van der Waals surface area contributed by atoms with Crippen molar-refractivity contribution in [2.24, 2.45) is 0 Å². The smallest absolute Gasteiger partial charge is 0.305 e. The molecule has 4 nitrogen and oxygen atoms in total. The summed E-state index contributed by atoms with van der Waals surface area (Å²) in [5.74, 6) is -0.862. The Morgan fingerprint density at radius 3 is 2.94 bits per heavy atom. The van der Waals surface area contributed by atoms with Crippen LogP contribution in [-0.2, 0) is 9.53 Å². The average molecular weight is 247 g/mol. The second kappa shape index (κ2) is 6.91. The zero-order valence-electron chi connectivity index (χ0n) is 10.6. The van der Waals surface area contributed by atoms with E-state index in [1.807, 2.05) is 0 Å². The molecule has 1 aliphatic heterocycles. The lowest BCUT2D eigenvalue weighted by Gasteiger charge is -2.29. The van der Waals surface area contributed by atoms with Gasteiger partial charge in [-0.3, -0.25) is 9.69 Å². The molecular formula is C12H22FNO3. The number of carboxylic acid groups (broad SMARTS) is 1. The van der Waals surface area contributed by atoms with E-state index in [0.717, 1.165) is 6.42 Å². The molecule has 1 aliphatic rings. The van der Waals surface area contributed by atoms with Gasteiger partial charge in [-0.05, 0) is 19.8 Å². The lowest BCUT2D eigenvalue weighted by molar-refractivity contribution is -0.138. The van der Waals surface area contributed by atoms with Gasteiger partial charge in [-0.1, -0.05) is 6.92 Å². The summed E-state index contributed by atoms with van der Waals surface area (Å²) in [7, 11) is 0. The third-order valence-electron chi connectivity index (χ3n) is 3.33. The predicted octanol–water partition coefficient (Wildman–Crippen LogP) is 1.69. The topological polar surface area (TPSA) is 49.8 Å². The molecule has 3 atom stereocenters. The summed E-state index contributed by atoms with van der Waals surface area (Å²) in [6, 6.07) is 0.442. The summed E-state index contributed by atoms with van der Waals surface area (Å²) >= 11 is 0. The van der Waals surface area contributed by atoms with Gasteiger partial charge in [-0.25, -0.2) is 4.39 Å². The molecule has 1 N–H and O–H groups in total. The third-order valence-corrected chi connectivity index (χ3v) is 3.33. The van der Waals surface area contributed by atoms with Crippen LogP contribution in [0.5, 0.6) is 0 Å². The van der Waals surface area contributed by atoms with E-state index in [4.69, 9.17) is 9.84 Å². The minimum Gasteiger partial charge on any atom is -0.481 e. The molecule has 1 rings (SSSR count). The molecule has 0 radical (unpaired) electrons. The molecule has 0 amide bonds. The molecule has 0 aromatic rings. The van der Waals surface area contributed by atoms with Crippen LogP contribution < -0.4 is 0 Å². The fourth-order valence-electron chi connectivity index (χ4n) is 2.20. The largest absolute Gasteiger partial charge is 0.481 e. The molecule has 5 heteroatoms. The first kappa shape index (κ1) is 14.4. The maximum Gasteiger partial charge on any atom is 0.305 e. The van der Waals surface area contributed by atoms with Crippen LogP contribution >= 0.6 is 0 Å². The van der Waals surface area contributed by atoms with Gasteiger partial charge in [-0.15, -0.1) is 0 Å². The van der Waals surface area contributed by atoms with Crippen molar-refractivity contribution in [1.29, 1.82) is 0 Å². The van der Waals surface area contributed by atoms with Crippen LogP contribution in [0, 0.1) is 0 Å². The molecule has 0 aromatic carbocycles. The zero-order valence-corrected chi connectivity index (χ0v) is 10.6. The van der Waals surface area contributed by atoms with Crippen LogP contribution in [0.4, 0.5) is 4.39 Å². The Bertz CT molecular complexity index is 250. The first-order valence-corrected chi connectivity index (χ1v) is 6.24. The highest BCUT2D eigenvalue weighted by molar-refractivity contribution is 5.66. The summed E-state index contributed by atoms with van der Waals surface area (Å²) in [6.07, 6.45) is 0.710. The van der Waals surface area contributed by atoms with E-state index in [1.165, 1.54) is 0 Å². The number of alkyl halides is 1. The van der Waals surface area contributed by atoms with Gasteiger partial charge < -0.3 is 9.84 Å². The fraction of sp³-hybridized carbons (Fsp3) is 0.917. The quantitative estimate of drug-likeness (QED) is 0.695. The number of rotatable bonds is 7. The van der Waals surface area contributed by atoms with Crippen molar-refractivity contribution in [2.45, 2.75) is 51.4 Å². The molecule has 17 heavy (non-hydrogen) atoms. The predicted molar refractivity (Wildman–Crippen MR) is 62.8 cm³/mol. The molecule has 0 aromatic heterocycles. The summed E-state index contributed by atoms with van der Waals surface area (Å²) < 4.78 is 18.7. The molecule has 0 spiro atoms. The van der Waals surface area contributed by atoms with Crippen molar-refractivity contribution in [1.82, 2.24) is 4.90 Å². The number of hydrogen-bond donors (Lipinski definition) is 1. The van der Waals surface area contributed by atoms with Gasteiger partial charge in [-0.2, -0.15) is 0 Å². The lowest BCUT2D eigenvalue weighted by atomic mass is 10.2. The second-order valence-electron chi connectivity index (χ2n) is 4.66. The Morgan fingerprint density at radius 1 is 1.65 bits per heavy atom. The first-order chi connectivity index (χ1) is 8.04. The van der Waals surface area contributed by atoms with Crippen LogP contribution in [0.15, 0.2) is 0 Å². The average Bonchev–Trinajstić information content (AvgIpc) is 2.64. The minimum absolute atomic E-state index is 0.00903. The summed E-state index contributed by atoms with van der Waals surface area (Å²) in [6.45, 7) is 5.28. The molecule has 0 saturated carbocycles. The third kappa shape index (κ3) is 4.60. The van der Waals surface area contributed by atoms with Crippen LogP contribution in [0.1, 0.15) is 33.1 Å². The second-order valence-corrected chi connectivity index (χ2v) is 4.66. The number of ether oxygens (including phenoxy) is 1. The fourth-order valence-corrected chi connectivity index (χ4v) is 2.20. The van der Waals surface area contributed by atoms with E-state index in [2.05, 4.69) is 18.7 Å². The number of likely N-dealkylation sites (tertiary alicyclic amines) is 1. The molecule has 1 unspecified atom stereocenters. The SMILES string of the molecule is CCC(C)N1C[C@@H](F)C[C@H]1COCCC(=O)O. The van der Waals surface area contributed by atoms with Gasteiger partial charge in [0.05, 0.1) is 19.6 Å². The Labute approximate surface area is 102 Å². The van der Waals surface area contributed by atoms with Gasteiger partial charge in [0.15, 0.2) is 0 Å². The van der Waals surface area contributed by atoms with E-state index in [1.54, 1.807) is 0 Å². The Balaban J connectivity index is 2.32. The van der Waals surface area contributed by atoms with Gasteiger partial charge >= 0.3 is 5.97 Å². The number of aliphatic carboxylic acids is 1. The van der Waals surface area contributed by atoms with Crippen LogP contribution in [0.3, 0.4) is 0 Å². The van der Waals surface area contributed by atoms with E-state index in [0.29, 0.717) is 25.6 Å². The Hall–Kier alpha value is -0.680. The monoisotopic (exact) mass is 247 g/mol. The van der Waals surface area contributed by atoms with E-state index in [-0.39, 0.29) is 19.1 Å². The standard InChI is InChI=1S/C12H22FNO3/c1-3-9(2)14-7-10(13)6-11(14)8-17-5-4-12(15)16/h9-11H,3-8H2,1-2H3,(H,15,16)/t9?,10-,11-/m0/s1. The maximum atomic E-state index is 13.4. The van der Waals surface area contributed by atoms with Gasteiger partial charge in [0.25, 0.3) is 0 Å².